The van der Waals surface area contributed by atoms with E-state index < -0.39 is 0 Å². The number of aryl methyl sites for hydroxylation is 1. The third kappa shape index (κ3) is 2.50. The van der Waals surface area contributed by atoms with Gasteiger partial charge < -0.3 is 15.1 Å². The van der Waals surface area contributed by atoms with Crippen LogP contribution in [0.5, 0.6) is 0 Å². The molecule has 0 aromatic carbocycles. The normalized spacial score (nSPS) is 10.5. The summed E-state index contributed by atoms with van der Waals surface area (Å²) in [5.41, 5.74) is 6.19. The van der Waals surface area contributed by atoms with Gasteiger partial charge in [-0.15, -0.1) is 0 Å². The standard InChI is InChI=1S/C11H13ClN4O/c1-7-3-4-8(17-7)5-16(2)11-9(13)10(12)14-6-15-11/h3-4,6H,5,13H2,1-2H3. The van der Waals surface area contributed by atoms with Crippen molar-refractivity contribution < 1.29 is 4.42 Å². The number of halogens is 1. The minimum atomic E-state index is 0.262. The van der Waals surface area contributed by atoms with E-state index in [0.717, 1.165) is 11.5 Å². The van der Waals surface area contributed by atoms with Crippen LogP contribution in [-0.4, -0.2) is 17.0 Å². The average Bonchev–Trinajstić information content (AvgIpc) is 2.68. The van der Waals surface area contributed by atoms with E-state index in [0.29, 0.717) is 18.1 Å². The zero-order chi connectivity index (χ0) is 12.4. The van der Waals surface area contributed by atoms with E-state index >= 15 is 0 Å². The van der Waals surface area contributed by atoms with Gasteiger partial charge in [-0.25, -0.2) is 9.97 Å². The molecule has 0 saturated heterocycles. The first kappa shape index (κ1) is 11.7. The quantitative estimate of drug-likeness (QED) is 0.849. The van der Waals surface area contributed by atoms with E-state index in [4.69, 9.17) is 21.8 Å². The molecule has 0 atom stereocenters. The molecule has 2 heterocycles. The van der Waals surface area contributed by atoms with Gasteiger partial charge in [-0.05, 0) is 19.1 Å². The van der Waals surface area contributed by atoms with Crippen molar-refractivity contribution in [3.63, 3.8) is 0 Å². The second kappa shape index (κ2) is 4.63. The summed E-state index contributed by atoms with van der Waals surface area (Å²) in [5, 5.41) is 0.262. The minimum absolute atomic E-state index is 0.262. The van der Waals surface area contributed by atoms with Crippen LogP contribution in [0.15, 0.2) is 22.9 Å². The molecule has 0 fully saturated rings. The van der Waals surface area contributed by atoms with Crippen LogP contribution in [0, 0.1) is 6.92 Å². The van der Waals surface area contributed by atoms with Crippen molar-refractivity contribution in [3.8, 4) is 0 Å². The Kier molecular flexibility index (Phi) is 3.19. The van der Waals surface area contributed by atoms with E-state index in [1.807, 2.05) is 31.0 Å². The Hall–Kier alpha value is -1.75. The fourth-order valence-corrected chi connectivity index (χ4v) is 1.68. The molecule has 90 valence electrons. The number of furan rings is 1. The van der Waals surface area contributed by atoms with Crippen LogP contribution in [0.4, 0.5) is 11.5 Å². The Bertz CT molecular complexity index is 526. The highest BCUT2D eigenvalue weighted by atomic mass is 35.5. The van der Waals surface area contributed by atoms with E-state index in [1.165, 1.54) is 6.33 Å². The summed E-state index contributed by atoms with van der Waals surface area (Å²) in [6.07, 6.45) is 1.39. The molecule has 0 aliphatic heterocycles. The monoisotopic (exact) mass is 252 g/mol. The van der Waals surface area contributed by atoms with Crippen molar-refractivity contribution in [2.45, 2.75) is 13.5 Å². The number of hydrogen-bond donors (Lipinski definition) is 1. The summed E-state index contributed by atoms with van der Waals surface area (Å²) in [7, 11) is 1.87. The van der Waals surface area contributed by atoms with Crippen molar-refractivity contribution in [1.82, 2.24) is 9.97 Å². The maximum atomic E-state index is 5.84. The van der Waals surface area contributed by atoms with Gasteiger partial charge in [0.25, 0.3) is 0 Å². The SMILES string of the molecule is Cc1ccc(CN(C)c2ncnc(Cl)c2N)o1. The van der Waals surface area contributed by atoms with Crippen molar-refractivity contribution >= 4 is 23.1 Å². The second-order valence-corrected chi connectivity index (χ2v) is 4.13. The second-order valence-electron chi connectivity index (χ2n) is 3.77. The molecular formula is C11H13ClN4O. The lowest BCUT2D eigenvalue weighted by Crippen LogP contribution is -2.19. The Morgan fingerprint density at radius 3 is 2.82 bits per heavy atom. The number of hydrogen-bond acceptors (Lipinski definition) is 5. The Labute approximate surface area is 104 Å². The zero-order valence-electron chi connectivity index (χ0n) is 9.64. The maximum Gasteiger partial charge on any atom is 0.157 e. The average molecular weight is 253 g/mol. The van der Waals surface area contributed by atoms with E-state index in [9.17, 15) is 0 Å². The highest BCUT2D eigenvalue weighted by Gasteiger charge is 2.12. The van der Waals surface area contributed by atoms with Gasteiger partial charge in [-0.1, -0.05) is 11.6 Å². The van der Waals surface area contributed by atoms with E-state index in [1.54, 1.807) is 0 Å². The smallest absolute Gasteiger partial charge is 0.157 e. The lowest BCUT2D eigenvalue weighted by Gasteiger charge is -2.18. The third-order valence-corrected chi connectivity index (χ3v) is 2.67. The summed E-state index contributed by atoms with van der Waals surface area (Å²) in [4.78, 5) is 9.78. The molecule has 0 saturated carbocycles. The van der Waals surface area contributed by atoms with Gasteiger partial charge in [0.2, 0.25) is 0 Å². The van der Waals surface area contributed by atoms with Crippen LogP contribution in [0.25, 0.3) is 0 Å². The van der Waals surface area contributed by atoms with Crippen LogP contribution in [0.1, 0.15) is 11.5 Å². The molecule has 0 unspecified atom stereocenters. The first-order valence-corrected chi connectivity index (χ1v) is 5.48. The van der Waals surface area contributed by atoms with Crippen molar-refractivity contribution in [3.05, 3.63) is 35.1 Å². The number of rotatable bonds is 3. The zero-order valence-corrected chi connectivity index (χ0v) is 10.4. The predicted molar refractivity (Wildman–Crippen MR) is 67.0 cm³/mol. The molecule has 2 rings (SSSR count). The van der Waals surface area contributed by atoms with Gasteiger partial charge in [0.05, 0.1) is 6.54 Å². The highest BCUT2D eigenvalue weighted by Crippen LogP contribution is 2.25. The summed E-state index contributed by atoms with van der Waals surface area (Å²) in [6, 6.07) is 3.84. The Morgan fingerprint density at radius 2 is 2.18 bits per heavy atom. The van der Waals surface area contributed by atoms with Crippen LogP contribution in [0.3, 0.4) is 0 Å². The Morgan fingerprint density at radius 1 is 1.41 bits per heavy atom. The van der Waals surface area contributed by atoms with Crippen molar-refractivity contribution in [1.29, 1.82) is 0 Å². The molecule has 2 aromatic heterocycles. The van der Waals surface area contributed by atoms with Gasteiger partial charge >= 0.3 is 0 Å². The summed E-state index contributed by atoms with van der Waals surface area (Å²) >= 11 is 5.84. The van der Waals surface area contributed by atoms with Crippen LogP contribution in [0.2, 0.25) is 5.15 Å². The van der Waals surface area contributed by atoms with Crippen molar-refractivity contribution in [2.24, 2.45) is 0 Å². The molecule has 0 spiro atoms. The van der Waals surface area contributed by atoms with Gasteiger partial charge in [-0.2, -0.15) is 0 Å². The van der Waals surface area contributed by atoms with Gasteiger partial charge in [0, 0.05) is 7.05 Å². The lowest BCUT2D eigenvalue weighted by molar-refractivity contribution is 0.481. The van der Waals surface area contributed by atoms with Gasteiger partial charge in [-0.3, -0.25) is 0 Å². The molecule has 0 radical (unpaired) electrons. The van der Waals surface area contributed by atoms with E-state index in [-0.39, 0.29) is 5.15 Å². The number of nitrogens with two attached hydrogens (primary N) is 1. The van der Waals surface area contributed by atoms with Crippen molar-refractivity contribution in [2.75, 3.05) is 17.7 Å². The molecule has 0 bridgehead atoms. The molecule has 0 aliphatic rings. The molecule has 2 N–H and O–H groups in total. The Balaban J connectivity index is 2.20. The molecule has 2 aromatic rings. The number of nitrogen functional groups attached to an aromatic ring is 1. The fraction of sp³-hybridized carbons (Fsp3) is 0.273. The largest absolute Gasteiger partial charge is 0.464 e. The van der Waals surface area contributed by atoms with Gasteiger partial charge in [0.1, 0.15) is 23.5 Å². The van der Waals surface area contributed by atoms with Gasteiger partial charge in [0.15, 0.2) is 11.0 Å². The third-order valence-electron chi connectivity index (χ3n) is 2.36. The summed E-state index contributed by atoms with van der Waals surface area (Å²) in [6.45, 7) is 2.48. The van der Waals surface area contributed by atoms with Crippen LogP contribution < -0.4 is 10.6 Å². The van der Waals surface area contributed by atoms with Crippen LogP contribution >= 0.6 is 11.6 Å². The molecule has 5 nitrogen and oxygen atoms in total. The first-order valence-electron chi connectivity index (χ1n) is 5.10. The molecule has 0 aliphatic carbocycles. The molecule has 0 amide bonds. The number of anilines is 2. The topological polar surface area (TPSA) is 68.2 Å². The fourth-order valence-electron chi connectivity index (χ4n) is 1.55. The predicted octanol–water partition coefficient (Wildman–Crippen LogP) is 2.25. The number of nitrogens with zero attached hydrogens (tertiary/aromatic N) is 3. The van der Waals surface area contributed by atoms with E-state index in [2.05, 4.69) is 9.97 Å². The number of aromatic nitrogens is 2. The molecular weight excluding hydrogens is 240 g/mol. The maximum absolute atomic E-state index is 5.84. The summed E-state index contributed by atoms with van der Waals surface area (Å²) in [5.74, 6) is 2.32. The minimum Gasteiger partial charge on any atom is -0.464 e. The molecule has 17 heavy (non-hydrogen) atoms. The molecule has 6 heteroatoms. The summed E-state index contributed by atoms with van der Waals surface area (Å²) < 4.78 is 5.49. The first-order chi connectivity index (χ1) is 8.08. The lowest BCUT2D eigenvalue weighted by atomic mass is 10.4. The van der Waals surface area contributed by atoms with Crippen LogP contribution in [-0.2, 0) is 6.54 Å². The highest BCUT2D eigenvalue weighted by molar-refractivity contribution is 6.32.